The van der Waals surface area contributed by atoms with Crippen LogP contribution in [0, 0.1) is 0 Å². The summed E-state index contributed by atoms with van der Waals surface area (Å²) in [5, 5.41) is 261. The normalized spacial score (nSPS) is 49.4. The fourth-order valence-electron chi connectivity index (χ4n) is 12.7. The molecule has 9 aliphatic heterocycles. The maximum atomic E-state index is 12.5. The molecule has 9 rings (SSSR count). The van der Waals surface area contributed by atoms with Gasteiger partial charge in [0.15, 0.2) is 50.3 Å². The van der Waals surface area contributed by atoms with E-state index in [-0.39, 0.29) is 0 Å². The second-order valence-electron chi connectivity index (χ2n) is 25.9. The number of ether oxygens (including phenoxy) is 19. The Morgan fingerprint density at radius 3 is 1.25 bits per heavy atom. The van der Waals surface area contributed by atoms with E-state index in [1.807, 2.05) is 0 Å². The SMILES string of the molecule is CC(=O)OC[C@H]1O[C@@H](O[C@H]2[C@H](O)[C@@H](O)[C@H](O[C@@H]3[C@@H](O)[C@@H](O)O[C@H](CO)[C@@H]3O)O[C@@H]2CO)[C@H](O)[C@@H](O)[C@@H]1O[C@@H]1O[C@H](CO[C@H]2O[C@H](CO[C@@H]3O[C@H](CO)[C@@H](O)[C@H](O[C@@H]4O[C@H](COC(=O)CCC(=O)O)[C@@H](O)[C@H](O[C@@H]5O[C@@H]6CO[C@@](C)(C(=O)O)O[C@H]6[C@H](O)[C@H]5O)[C@H]4O)[C@H]3O)[C@@H](O)[C@H](O)[C@H]2O)[C@@H](O)[C@H](O)[C@H]1O. The summed E-state index contributed by atoms with van der Waals surface area (Å²) in [5.74, 6) is -7.39. The Hall–Kier alpha value is -3.68. The van der Waals surface area contributed by atoms with Gasteiger partial charge in [-0.3, -0.25) is 14.4 Å². The highest BCUT2D eigenvalue weighted by molar-refractivity contribution is 5.76. The van der Waals surface area contributed by atoms with Crippen LogP contribution in [0.1, 0.15) is 26.7 Å². The number of aliphatic carboxylic acids is 2. The number of carboxylic acid groups (broad SMARTS) is 2. The molecule has 47 heteroatoms. The third kappa shape index (κ3) is 18.5. The van der Waals surface area contributed by atoms with Gasteiger partial charge in [-0.2, -0.15) is 0 Å². The highest BCUT2D eigenvalue weighted by Gasteiger charge is 2.60. The summed E-state index contributed by atoms with van der Waals surface area (Å²) in [6, 6.07) is 0. The van der Waals surface area contributed by atoms with Gasteiger partial charge in [-0.15, -0.1) is 0 Å². The molecule has 47 nitrogen and oxygen atoms in total. The number of aliphatic hydroxyl groups excluding tert-OH is 22. The molecule has 0 unspecified atom stereocenters. The number of fused-ring (bicyclic) bond motifs is 1. The number of carbonyl (C=O) groups excluding carboxylic acids is 2. The van der Waals surface area contributed by atoms with Crippen LogP contribution < -0.4 is 0 Å². The van der Waals surface area contributed by atoms with E-state index >= 15 is 0 Å². The molecule has 0 aromatic carbocycles. The fourth-order valence-corrected chi connectivity index (χ4v) is 12.7. The van der Waals surface area contributed by atoms with Crippen LogP contribution in [0.2, 0.25) is 0 Å². The van der Waals surface area contributed by atoms with Gasteiger partial charge < -0.3 is 213 Å². The molecule has 104 heavy (non-hydrogen) atoms. The van der Waals surface area contributed by atoms with Crippen LogP contribution in [0.15, 0.2) is 0 Å². The molecule has 0 spiro atoms. The fraction of sp³-hybridized carbons (Fsp3) is 0.930. The summed E-state index contributed by atoms with van der Waals surface area (Å²) in [6.07, 6.45) is -82.3. The Morgan fingerprint density at radius 2 is 0.740 bits per heavy atom. The van der Waals surface area contributed by atoms with Gasteiger partial charge in [0.2, 0.25) is 0 Å². The zero-order valence-electron chi connectivity index (χ0n) is 54.8. The minimum Gasteiger partial charge on any atom is -0.481 e. The number of rotatable bonds is 27. The molecule has 0 saturated carbocycles. The van der Waals surface area contributed by atoms with Gasteiger partial charge in [-0.1, -0.05) is 0 Å². The van der Waals surface area contributed by atoms with E-state index < -0.39 is 341 Å². The number of hydrogen-bond donors (Lipinski definition) is 24. The second-order valence-corrected chi connectivity index (χ2v) is 25.9. The Kier molecular flexibility index (Phi) is 29.2. The summed E-state index contributed by atoms with van der Waals surface area (Å²) in [7, 11) is 0. The number of aliphatic hydroxyl groups is 22. The lowest BCUT2D eigenvalue weighted by atomic mass is 9.95. The summed E-state index contributed by atoms with van der Waals surface area (Å²) >= 11 is 0. The van der Waals surface area contributed by atoms with Gasteiger partial charge in [0.05, 0.1) is 52.5 Å². The molecule has 24 N–H and O–H groups in total. The first kappa shape index (κ1) is 84.3. The quantitative estimate of drug-likeness (QED) is 0.0340. The average molecular weight is 1530 g/mol. The van der Waals surface area contributed by atoms with Crippen molar-refractivity contribution in [1.82, 2.24) is 0 Å². The maximum absolute atomic E-state index is 12.5. The van der Waals surface area contributed by atoms with Crippen molar-refractivity contribution in [3.63, 3.8) is 0 Å². The van der Waals surface area contributed by atoms with E-state index in [2.05, 4.69) is 0 Å². The predicted molar refractivity (Wildman–Crippen MR) is 308 cm³/mol. The van der Waals surface area contributed by atoms with Crippen LogP contribution >= 0.6 is 0 Å². The third-order valence-corrected chi connectivity index (χ3v) is 18.7. The Balaban J connectivity index is 0.833. The van der Waals surface area contributed by atoms with Gasteiger partial charge in [0.25, 0.3) is 5.79 Å². The first-order valence-corrected chi connectivity index (χ1v) is 32.6. The van der Waals surface area contributed by atoms with E-state index in [0.29, 0.717) is 0 Å². The standard InChI is InChI=1S/C57H90O47/c1-13(61)86-11-20-43(32(73)37(78)53(97-20)99-42-16(7-60)93-52(36(77)31(42)72)101-45-26(67)14(5-58)91-48(83)39(45)80)100-51-35(76)30(71)25(66)18(95-51)10-88-49-34(75)29(70)24(65)17(94-49)9-89-50-40(81)46(27(68)15(6-59)92-50)103-55-41(82)47(28(69)19(96-55)8-87-23(64)4-3-22(62)63)102-54-38(79)33(74)44-21(98-54)12-90-57(2,104-44)56(84)85/h14-21,24-55,58-60,65-83H,3-12H2,1-2H3,(H,62,63)(H,84,85)/t14-,15-,16-,17-,18-,19-,20-,21-,24-,25-,26+,27-,28-,29+,30+,31-,32-,33-,34-,35-,36-,37-,38-,39-,40-,41-,42-,43-,44-,45+,46+,47+,48+,49+,50-,51+,52+,53+,54+,55+,57-/m1/s1. The van der Waals surface area contributed by atoms with Crippen LogP contribution in [-0.2, 0) is 109 Å². The van der Waals surface area contributed by atoms with E-state index in [1.165, 1.54) is 0 Å². The van der Waals surface area contributed by atoms with E-state index in [1.54, 1.807) is 0 Å². The topological polar surface area (TPSA) is 729 Å². The highest BCUT2D eigenvalue weighted by atomic mass is 16.8. The zero-order chi connectivity index (χ0) is 76.4. The van der Waals surface area contributed by atoms with Gasteiger partial charge in [-0.25, -0.2) is 4.79 Å². The lowest BCUT2D eigenvalue weighted by molar-refractivity contribution is -0.402. The lowest BCUT2D eigenvalue weighted by Gasteiger charge is -2.50. The van der Waals surface area contributed by atoms with Gasteiger partial charge in [0.1, 0.15) is 209 Å². The van der Waals surface area contributed by atoms with Crippen molar-refractivity contribution in [2.75, 3.05) is 52.9 Å². The van der Waals surface area contributed by atoms with Gasteiger partial charge >= 0.3 is 23.9 Å². The predicted octanol–water partition coefficient (Wildman–Crippen LogP) is -16.6. The monoisotopic (exact) mass is 1530 g/mol. The van der Waals surface area contributed by atoms with Crippen molar-refractivity contribution >= 4 is 23.9 Å². The Labute approximate surface area is 585 Å². The van der Waals surface area contributed by atoms with Gasteiger partial charge in [0, 0.05) is 13.8 Å². The molecular formula is C57H90O47. The van der Waals surface area contributed by atoms with Crippen LogP contribution in [0.25, 0.3) is 0 Å². The molecule has 9 heterocycles. The molecule has 0 aromatic heterocycles. The largest absolute Gasteiger partial charge is 0.481 e. The van der Waals surface area contributed by atoms with Crippen molar-refractivity contribution in [1.29, 1.82) is 0 Å². The summed E-state index contributed by atoms with van der Waals surface area (Å²) < 4.78 is 106. The molecule has 0 aliphatic carbocycles. The molecule has 600 valence electrons. The summed E-state index contributed by atoms with van der Waals surface area (Å²) in [6.45, 7) is -5.45. The van der Waals surface area contributed by atoms with Crippen molar-refractivity contribution in [3.8, 4) is 0 Å². The van der Waals surface area contributed by atoms with Crippen LogP contribution in [-0.4, -0.2) is 451 Å². The van der Waals surface area contributed by atoms with E-state index in [4.69, 9.17) is 95.1 Å². The first-order chi connectivity index (χ1) is 49.0. The minimum atomic E-state index is -2.31. The van der Waals surface area contributed by atoms with Gasteiger partial charge in [-0.05, 0) is 0 Å². The number of hydrogen-bond acceptors (Lipinski definition) is 45. The Bertz CT molecular complexity index is 2760. The third-order valence-electron chi connectivity index (χ3n) is 18.7. The number of carboxylic acids is 2. The molecule has 0 bridgehead atoms. The first-order valence-electron chi connectivity index (χ1n) is 32.6. The molecule has 0 aromatic rings. The molecule has 9 aliphatic rings. The van der Waals surface area contributed by atoms with Crippen LogP contribution in [0.5, 0.6) is 0 Å². The number of esters is 2. The van der Waals surface area contributed by atoms with Crippen molar-refractivity contribution < 1.29 is 232 Å². The van der Waals surface area contributed by atoms with Crippen molar-refractivity contribution in [2.24, 2.45) is 0 Å². The summed E-state index contributed by atoms with van der Waals surface area (Å²) in [4.78, 5) is 47.6. The number of carbonyl (C=O) groups is 4. The van der Waals surface area contributed by atoms with E-state index in [0.717, 1.165) is 13.8 Å². The highest BCUT2D eigenvalue weighted by Crippen LogP contribution is 2.39. The average Bonchev–Trinajstić information content (AvgIpc) is 0.769. The Morgan fingerprint density at radius 1 is 0.365 bits per heavy atom. The molecule has 9 saturated heterocycles. The van der Waals surface area contributed by atoms with Crippen molar-refractivity contribution in [3.05, 3.63) is 0 Å². The minimum absolute atomic E-state index is 0.582. The lowest BCUT2D eigenvalue weighted by Crippen LogP contribution is -2.69. The maximum Gasteiger partial charge on any atom is 0.364 e. The van der Waals surface area contributed by atoms with Crippen molar-refractivity contribution in [2.45, 2.75) is 278 Å². The van der Waals surface area contributed by atoms with Crippen LogP contribution in [0.3, 0.4) is 0 Å². The zero-order valence-corrected chi connectivity index (χ0v) is 54.8. The smallest absolute Gasteiger partial charge is 0.364 e. The second kappa shape index (κ2) is 36.0. The molecule has 0 radical (unpaired) electrons. The molecule has 41 atom stereocenters. The molecule has 9 fully saturated rings. The molecule has 0 amide bonds. The molecular weight excluding hydrogens is 1440 g/mol. The summed E-state index contributed by atoms with van der Waals surface area (Å²) in [5.41, 5.74) is 0. The van der Waals surface area contributed by atoms with Crippen LogP contribution in [0.4, 0.5) is 0 Å². The van der Waals surface area contributed by atoms with E-state index in [9.17, 15) is 137 Å².